The Morgan fingerprint density at radius 1 is 1.03 bits per heavy atom. The van der Waals surface area contributed by atoms with Crippen LogP contribution in [-0.2, 0) is 18.9 Å². The Bertz CT molecular complexity index is 809. The molecule has 5 heteroatoms. The van der Waals surface area contributed by atoms with Crippen LogP contribution in [0, 0.1) is 46.8 Å². The molecule has 2 unspecified atom stereocenters. The fraction of sp³-hybridized carbons (Fsp3) is 0.840. The summed E-state index contributed by atoms with van der Waals surface area (Å²) in [5.74, 6) is 2.44. The zero-order chi connectivity index (χ0) is 20.8. The Kier molecular flexibility index (Phi) is 4.17. The molecule has 0 radical (unpaired) electrons. The molecule has 0 aromatic heterocycles. The summed E-state index contributed by atoms with van der Waals surface area (Å²) in [5.41, 5.74) is 1.28. The third kappa shape index (κ3) is 2.18. The molecule has 8 atom stereocenters. The number of terminal acetylenes is 1. The van der Waals surface area contributed by atoms with E-state index in [0.717, 1.165) is 25.7 Å². The second kappa shape index (κ2) is 6.33. The van der Waals surface area contributed by atoms with Gasteiger partial charge in [-0.2, -0.15) is 0 Å². The molecule has 6 rings (SSSR count). The first-order valence-electron chi connectivity index (χ1n) is 11.8. The summed E-state index contributed by atoms with van der Waals surface area (Å²) in [5, 5.41) is 11.9. The summed E-state index contributed by atoms with van der Waals surface area (Å²) in [6.45, 7) is 6.53. The fourth-order valence-corrected chi connectivity index (χ4v) is 8.58. The molecule has 3 saturated carbocycles. The molecule has 0 bridgehead atoms. The van der Waals surface area contributed by atoms with Crippen molar-refractivity contribution in [2.45, 2.75) is 70.1 Å². The van der Waals surface area contributed by atoms with Gasteiger partial charge in [0.05, 0.1) is 26.4 Å². The zero-order valence-electron chi connectivity index (χ0n) is 18.2. The van der Waals surface area contributed by atoms with Crippen molar-refractivity contribution < 1.29 is 24.1 Å². The van der Waals surface area contributed by atoms with Crippen LogP contribution in [0.3, 0.4) is 0 Å². The molecule has 2 aliphatic heterocycles. The number of aliphatic hydroxyl groups is 1. The average Bonchev–Trinajstić information content (AvgIpc) is 3.34. The molecule has 0 amide bonds. The Labute approximate surface area is 179 Å². The third-order valence-corrected chi connectivity index (χ3v) is 10.0. The lowest BCUT2D eigenvalue weighted by Gasteiger charge is -2.65. The van der Waals surface area contributed by atoms with Crippen molar-refractivity contribution in [1.82, 2.24) is 0 Å². The van der Waals surface area contributed by atoms with Crippen molar-refractivity contribution >= 4 is 0 Å². The van der Waals surface area contributed by atoms with E-state index in [1.54, 1.807) is 0 Å². The van der Waals surface area contributed by atoms with Gasteiger partial charge in [-0.15, -0.1) is 12.3 Å². The van der Waals surface area contributed by atoms with Gasteiger partial charge in [0.2, 0.25) is 11.6 Å². The first kappa shape index (κ1) is 19.8. The van der Waals surface area contributed by atoms with Gasteiger partial charge in [-0.05, 0) is 55.3 Å². The minimum Gasteiger partial charge on any atom is -0.369 e. The highest BCUT2D eigenvalue weighted by Gasteiger charge is 2.74. The molecule has 1 spiro atoms. The van der Waals surface area contributed by atoms with Crippen molar-refractivity contribution in [2.75, 3.05) is 26.4 Å². The van der Waals surface area contributed by atoms with Gasteiger partial charge in [0.15, 0.2) is 0 Å². The van der Waals surface area contributed by atoms with E-state index in [9.17, 15) is 5.11 Å². The van der Waals surface area contributed by atoms with Crippen LogP contribution >= 0.6 is 0 Å². The normalized spacial score (nSPS) is 53.8. The number of ether oxygens (including phenoxy) is 4. The zero-order valence-corrected chi connectivity index (χ0v) is 18.2. The van der Waals surface area contributed by atoms with E-state index in [2.05, 4.69) is 25.8 Å². The minimum absolute atomic E-state index is 0.241. The van der Waals surface area contributed by atoms with Crippen molar-refractivity contribution in [3.05, 3.63) is 11.6 Å². The summed E-state index contributed by atoms with van der Waals surface area (Å²) in [6.07, 6.45) is 14.1. The van der Waals surface area contributed by atoms with Crippen LogP contribution < -0.4 is 0 Å². The Morgan fingerprint density at radius 3 is 2.57 bits per heavy atom. The van der Waals surface area contributed by atoms with E-state index in [1.807, 2.05) is 0 Å². The number of allylic oxidation sites excluding steroid dienone is 1. The molecule has 4 aliphatic carbocycles. The second-order valence-corrected chi connectivity index (χ2v) is 10.9. The summed E-state index contributed by atoms with van der Waals surface area (Å²) >= 11 is 0. The quantitative estimate of drug-likeness (QED) is 0.487. The predicted octanol–water partition coefficient (Wildman–Crippen LogP) is 3.27. The molecule has 30 heavy (non-hydrogen) atoms. The second-order valence-electron chi connectivity index (χ2n) is 10.9. The largest absolute Gasteiger partial charge is 0.369 e. The standard InChI is InChI=1S/C25H34O5/c1-4-16-6-8-19-18-7-5-17-15-24(28-13-14-29-24)25(26)21(27-11-12-30-25)23(17,3)20(18)9-10-22(16,19)2/h1,5,16,18-21,26H,6-15H2,2-3H3/t16-,18-,19-,20-,21?,22+,23-,25?/m0/s1. The fourth-order valence-electron chi connectivity index (χ4n) is 8.58. The number of rotatable bonds is 0. The van der Waals surface area contributed by atoms with Gasteiger partial charge < -0.3 is 24.1 Å². The molecule has 2 heterocycles. The molecule has 6 aliphatic rings. The molecule has 0 aromatic carbocycles. The van der Waals surface area contributed by atoms with Crippen LogP contribution in [0.25, 0.3) is 0 Å². The van der Waals surface area contributed by atoms with Gasteiger partial charge in [-0.1, -0.05) is 25.5 Å². The van der Waals surface area contributed by atoms with Crippen LogP contribution in [0.5, 0.6) is 0 Å². The number of hydrogen-bond donors (Lipinski definition) is 1. The molecule has 0 aromatic rings. The first-order valence-corrected chi connectivity index (χ1v) is 11.8. The molecular formula is C25H34O5. The number of hydrogen-bond acceptors (Lipinski definition) is 5. The Hall–Kier alpha value is -0.900. The minimum atomic E-state index is -1.58. The summed E-state index contributed by atoms with van der Waals surface area (Å²) in [7, 11) is 0. The predicted molar refractivity (Wildman–Crippen MR) is 110 cm³/mol. The van der Waals surface area contributed by atoms with Gasteiger partial charge in [0.1, 0.15) is 6.10 Å². The molecule has 164 valence electrons. The van der Waals surface area contributed by atoms with E-state index in [4.69, 9.17) is 25.4 Å². The van der Waals surface area contributed by atoms with Gasteiger partial charge >= 0.3 is 0 Å². The maximum Gasteiger partial charge on any atom is 0.249 e. The number of fused-ring (bicyclic) bond motifs is 8. The summed E-state index contributed by atoms with van der Waals surface area (Å²) in [6, 6.07) is 0. The van der Waals surface area contributed by atoms with Gasteiger partial charge in [0, 0.05) is 17.8 Å². The van der Waals surface area contributed by atoms with E-state index in [1.165, 1.54) is 12.0 Å². The highest BCUT2D eigenvalue weighted by atomic mass is 16.8. The topological polar surface area (TPSA) is 57.2 Å². The monoisotopic (exact) mass is 414 g/mol. The summed E-state index contributed by atoms with van der Waals surface area (Å²) < 4.78 is 24.5. The Balaban J connectivity index is 1.43. The van der Waals surface area contributed by atoms with E-state index < -0.39 is 17.7 Å². The van der Waals surface area contributed by atoms with E-state index >= 15 is 0 Å². The van der Waals surface area contributed by atoms with E-state index in [0.29, 0.717) is 56.5 Å². The van der Waals surface area contributed by atoms with Crippen LogP contribution in [0.1, 0.15) is 52.4 Å². The van der Waals surface area contributed by atoms with Crippen molar-refractivity contribution in [2.24, 2.45) is 34.5 Å². The van der Waals surface area contributed by atoms with Gasteiger partial charge in [0.25, 0.3) is 0 Å². The molecule has 2 saturated heterocycles. The average molecular weight is 415 g/mol. The molecule has 5 nitrogen and oxygen atoms in total. The third-order valence-electron chi connectivity index (χ3n) is 10.0. The van der Waals surface area contributed by atoms with Gasteiger partial charge in [-0.3, -0.25) is 0 Å². The SMILES string of the molecule is C#C[C@H]1CC[C@H]2[C@@H]3CC=C4CC5(OCCO5)C5(O)OCCOC5[C@]4(C)[C@H]3CC[C@]12C. The highest BCUT2D eigenvalue weighted by Crippen LogP contribution is 2.68. The van der Waals surface area contributed by atoms with Crippen LogP contribution in [0.2, 0.25) is 0 Å². The maximum atomic E-state index is 11.9. The van der Waals surface area contributed by atoms with Crippen LogP contribution in [-0.4, -0.2) is 49.2 Å². The lowest BCUT2D eigenvalue weighted by atomic mass is 9.45. The summed E-state index contributed by atoms with van der Waals surface area (Å²) in [4.78, 5) is 0. The van der Waals surface area contributed by atoms with Crippen LogP contribution in [0.4, 0.5) is 0 Å². The van der Waals surface area contributed by atoms with Gasteiger partial charge in [-0.25, -0.2) is 0 Å². The van der Waals surface area contributed by atoms with Crippen molar-refractivity contribution in [1.29, 1.82) is 0 Å². The lowest BCUT2D eigenvalue weighted by Crippen LogP contribution is -2.75. The lowest BCUT2D eigenvalue weighted by molar-refractivity contribution is -0.442. The van der Waals surface area contributed by atoms with E-state index in [-0.39, 0.29) is 10.8 Å². The molecule has 5 fully saturated rings. The molecular weight excluding hydrogens is 380 g/mol. The molecule has 1 N–H and O–H groups in total. The van der Waals surface area contributed by atoms with Crippen molar-refractivity contribution in [3.8, 4) is 12.3 Å². The van der Waals surface area contributed by atoms with Crippen molar-refractivity contribution in [3.63, 3.8) is 0 Å². The first-order chi connectivity index (χ1) is 14.4. The van der Waals surface area contributed by atoms with Crippen LogP contribution in [0.15, 0.2) is 11.6 Å². The maximum absolute atomic E-state index is 11.9. The smallest absolute Gasteiger partial charge is 0.249 e. The Morgan fingerprint density at radius 2 is 1.80 bits per heavy atom. The highest BCUT2D eigenvalue weighted by molar-refractivity contribution is 5.33.